The zero-order valence-corrected chi connectivity index (χ0v) is 9.45. The number of hydrogen-bond donors (Lipinski definition) is 1. The Labute approximate surface area is 95.5 Å². The SMILES string of the molecule is CC(NC(=O)C(F)F)(C(=O)CBr)C(F)(F)F. The topological polar surface area (TPSA) is 46.2 Å². The molecule has 1 unspecified atom stereocenters. The van der Waals surface area contributed by atoms with Gasteiger partial charge in [0.05, 0.1) is 5.33 Å². The Bertz CT molecular complexity index is 293. The van der Waals surface area contributed by atoms with Crippen LogP contribution in [0, 0.1) is 0 Å². The molecule has 0 aliphatic carbocycles. The summed E-state index contributed by atoms with van der Waals surface area (Å²) in [6, 6.07) is 0. The van der Waals surface area contributed by atoms with Crippen molar-refractivity contribution in [1.82, 2.24) is 5.32 Å². The van der Waals surface area contributed by atoms with Crippen molar-refractivity contribution in [2.45, 2.75) is 25.1 Å². The van der Waals surface area contributed by atoms with Crippen LogP contribution in [0.15, 0.2) is 0 Å². The predicted molar refractivity (Wildman–Crippen MR) is 47.4 cm³/mol. The monoisotopic (exact) mass is 311 g/mol. The molecular weight excluding hydrogens is 305 g/mol. The van der Waals surface area contributed by atoms with E-state index in [9.17, 15) is 31.5 Å². The minimum atomic E-state index is -5.15. The van der Waals surface area contributed by atoms with Gasteiger partial charge in [0, 0.05) is 0 Å². The number of amides is 1. The zero-order chi connectivity index (χ0) is 13.1. The summed E-state index contributed by atoms with van der Waals surface area (Å²) < 4.78 is 61.0. The quantitative estimate of drug-likeness (QED) is 0.634. The fourth-order valence-electron chi connectivity index (χ4n) is 0.733. The summed E-state index contributed by atoms with van der Waals surface area (Å²) in [4.78, 5) is 21.5. The Morgan fingerprint density at radius 2 is 1.75 bits per heavy atom. The molecular formula is C7H7BrF5NO2. The third-order valence-electron chi connectivity index (χ3n) is 1.82. The van der Waals surface area contributed by atoms with Gasteiger partial charge in [0.1, 0.15) is 0 Å². The van der Waals surface area contributed by atoms with Crippen molar-refractivity contribution in [1.29, 1.82) is 0 Å². The van der Waals surface area contributed by atoms with Crippen LogP contribution in [0.3, 0.4) is 0 Å². The molecule has 0 aromatic rings. The molecule has 0 aromatic carbocycles. The predicted octanol–water partition coefficient (Wildman–Crippen LogP) is 1.65. The van der Waals surface area contributed by atoms with E-state index in [1.165, 1.54) is 0 Å². The van der Waals surface area contributed by atoms with E-state index in [0.29, 0.717) is 6.92 Å². The molecule has 0 aliphatic rings. The van der Waals surface area contributed by atoms with Crippen molar-refractivity contribution in [2.75, 3.05) is 5.33 Å². The van der Waals surface area contributed by atoms with Crippen LogP contribution in [0.25, 0.3) is 0 Å². The minimum Gasteiger partial charge on any atom is -0.331 e. The second-order valence-electron chi connectivity index (χ2n) is 2.97. The average molecular weight is 312 g/mol. The van der Waals surface area contributed by atoms with Gasteiger partial charge in [-0.1, -0.05) is 15.9 Å². The molecule has 0 saturated carbocycles. The normalized spacial score (nSPS) is 15.8. The van der Waals surface area contributed by atoms with Gasteiger partial charge in [0.2, 0.25) is 0 Å². The Balaban J connectivity index is 5.12. The molecule has 16 heavy (non-hydrogen) atoms. The van der Waals surface area contributed by atoms with Crippen molar-refractivity contribution in [2.24, 2.45) is 0 Å². The van der Waals surface area contributed by atoms with Crippen molar-refractivity contribution in [3.8, 4) is 0 Å². The highest BCUT2D eigenvalue weighted by molar-refractivity contribution is 9.09. The summed E-state index contributed by atoms with van der Waals surface area (Å²) in [7, 11) is 0. The average Bonchev–Trinajstić information content (AvgIpc) is 2.14. The van der Waals surface area contributed by atoms with E-state index >= 15 is 0 Å². The second kappa shape index (κ2) is 5.07. The molecule has 0 radical (unpaired) electrons. The van der Waals surface area contributed by atoms with Gasteiger partial charge in [-0.05, 0) is 6.92 Å². The van der Waals surface area contributed by atoms with Crippen LogP contribution in [0.1, 0.15) is 6.92 Å². The summed E-state index contributed by atoms with van der Waals surface area (Å²) in [6.45, 7) is 0.330. The number of Topliss-reactive ketones (excluding diaryl/α,β-unsaturated/α-hetero) is 1. The summed E-state index contributed by atoms with van der Waals surface area (Å²) in [6.07, 6.45) is -8.77. The zero-order valence-electron chi connectivity index (χ0n) is 7.87. The maximum Gasteiger partial charge on any atom is 0.418 e. The van der Waals surface area contributed by atoms with Gasteiger partial charge in [0.15, 0.2) is 11.3 Å². The first-order chi connectivity index (χ1) is 7.06. The van der Waals surface area contributed by atoms with Crippen molar-refractivity contribution in [3.63, 3.8) is 0 Å². The molecule has 0 fully saturated rings. The largest absolute Gasteiger partial charge is 0.418 e. The van der Waals surface area contributed by atoms with Crippen LogP contribution < -0.4 is 5.32 Å². The number of halogens is 6. The van der Waals surface area contributed by atoms with Crippen LogP contribution in [0.5, 0.6) is 0 Å². The second-order valence-corrected chi connectivity index (χ2v) is 3.53. The highest BCUT2D eigenvalue weighted by atomic mass is 79.9. The Hall–Kier alpha value is -0.730. The van der Waals surface area contributed by atoms with Crippen LogP contribution in [0.2, 0.25) is 0 Å². The number of carbonyl (C=O) groups excluding carboxylic acids is 2. The summed E-state index contributed by atoms with van der Waals surface area (Å²) in [5, 5.41) is 0.274. The molecule has 0 aromatic heterocycles. The lowest BCUT2D eigenvalue weighted by atomic mass is 9.96. The van der Waals surface area contributed by atoms with Crippen molar-refractivity contribution in [3.05, 3.63) is 0 Å². The molecule has 0 spiro atoms. The highest BCUT2D eigenvalue weighted by Gasteiger charge is 2.57. The molecule has 0 aliphatic heterocycles. The van der Waals surface area contributed by atoms with Crippen molar-refractivity contribution >= 4 is 27.6 Å². The van der Waals surface area contributed by atoms with E-state index in [4.69, 9.17) is 0 Å². The van der Waals surface area contributed by atoms with E-state index in [1.54, 1.807) is 0 Å². The highest BCUT2D eigenvalue weighted by Crippen LogP contribution is 2.31. The van der Waals surface area contributed by atoms with E-state index in [1.807, 2.05) is 0 Å². The minimum absolute atomic E-state index is 0.330. The number of carbonyl (C=O) groups is 2. The van der Waals surface area contributed by atoms with Gasteiger partial charge in [-0.2, -0.15) is 22.0 Å². The van der Waals surface area contributed by atoms with Crippen molar-refractivity contribution < 1.29 is 31.5 Å². The summed E-state index contributed by atoms with van der Waals surface area (Å²) in [5.74, 6) is -3.61. The first kappa shape index (κ1) is 15.3. The number of hydrogen-bond acceptors (Lipinski definition) is 2. The van der Waals surface area contributed by atoms with Crippen LogP contribution >= 0.6 is 15.9 Å². The van der Waals surface area contributed by atoms with Crippen LogP contribution in [-0.4, -0.2) is 35.2 Å². The molecule has 0 saturated heterocycles. The third kappa shape index (κ3) is 3.13. The summed E-state index contributed by atoms with van der Waals surface area (Å²) in [5.41, 5.74) is -3.32. The van der Waals surface area contributed by atoms with Gasteiger partial charge in [-0.15, -0.1) is 0 Å². The number of ketones is 1. The third-order valence-corrected chi connectivity index (χ3v) is 2.33. The lowest BCUT2D eigenvalue weighted by Crippen LogP contribution is -2.63. The van der Waals surface area contributed by atoms with Gasteiger partial charge in [0.25, 0.3) is 5.91 Å². The Morgan fingerprint density at radius 3 is 2.00 bits per heavy atom. The Morgan fingerprint density at radius 1 is 1.31 bits per heavy atom. The number of alkyl halides is 6. The molecule has 0 rings (SSSR count). The maximum atomic E-state index is 12.5. The first-order valence-corrected chi connectivity index (χ1v) is 4.94. The van der Waals surface area contributed by atoms with E-state index in [0.717, 1.165) is 5.32 Å². The lowest BCUT2D eigenvalue weighted by molar-refractivity contribution is -0.196. The molecule has 9 heteroatoms. The number of nitrogens with one attached hydrogen (secondary N) is 1. The molecule has 0 bridgehead atoms. The molecule has 1 amide bonds. The molecule has 1 N–H and O–H groups in total. The van der Waals surface area contributed by atoms with Crippen LogP contribution in [0.4, 0.5) is 22.0 Å². The lowest BCUT2D eigenvalue weighted by Gasteiger charge is -2.30. The van der Waals surface area contributed by atoms with E-state index < -0.39 is 35.2 Å². The first-order valence-electron chi connectivity index (χ1n) is 3.82. The van der Waals surface area contributed by atoms with Gasteiger partial charge < -0.3 is 5.32 Å². The van der Waals surface area contributed by atoms with Crippen LogP contribution in [-0.2, 0) is 9.59 Å². The standard InChI is InChI=1S/C7H7BrF5NO2/c1-6(3(15)2-8,7(11,12)13)14-5(16)4(9)10/h4H,2H2,1H3,(H,14,16). The van der Waals surface area contributed by atoms with E-state index in [-0.39, 0.29) is 0 Å². The van der Waals surface area contributed by atoms with Gasteiger partial charge >= 0.3 is 12.6 Å². The van der Waals surface area contributed by atoms with Gasteiger partial charge in [-0.25, -0.2) is 0 Å². The molecule has 1 atom stereocenters. The fourth-order valence-corrected chi connectivity index (χ4v) is 1.29. The molecule has 3 nitrogen and oxygen atoms in total. The molecule has 94 valence electrons. The Kier molecular flexibility index (Phi) is 4.84. The summed E-state index contributed by atoms with van der Waals surface area (Å²) >= 11 is 2.48. The fraction of sp³-hybridized carbons (Fsp3) is 0.714. The maximum absolute atomic E-state index is 12.5. The number of rotatable bonds is 4. The van der Waals surface area contributed by atoms with E-state index in [2.05, 4.69) is 15.9 Å². The smallest absolute Gasteiger partial charge is 0.331 e. The molecule has 0 heterocycles. The van der Waals surface area contributed by atoms with Gasteiger partial charge in [-0.3, -0.25) is 9.59 Å².